The van der Waals surface area contributed by atoms with Crippen LogP contribution in [0.5, 0.6) is 0 Å². The highest BCUT2D eigenvalue weighted by Crippen LogP contribution is 2.17. The molecule has 1 aliphatic heterocycles. The van der Waals surface area contributed by atoms with Gasteiger partial charge in [0, 0.05) is 25.3 Å². The van der Waals surface area contributed by atoms with Gasteiger partial charge in [-0.1, -0.05) is 37.3 Å². The van der Waals surface area contributed by atoms with Gasteiger partial charge in [0.2, 0.25) is 11.8 Å². The number of nitrogens with zero attached hydrogens (tertiary/aromatic N) is 2. The lowest BCUT2D eigenvalue weighted by Gasteiger charge is -2.31. The molecule has 6 nitrogen and oxygen atoms in total. The van der Waals surface area contributed by atoms with Gasteiger partial charge in [0.15, 0.2) is 0 Å². The van der Waals surface area contributed by atoms with Crippen LogP contribution in [-0.2, 0) is 20.9 Å². The summed E-state index contributed by atoms with van der Waals surface area (Å²) in [6, 6.07) is 13.3. The molecule has 166 valence electrons. The second-order valence-corrected chi connectivity index (χ2v) is 7.96. The first kappa shape index (κ1) is 22.8. The Morgan fingerprint density at radius 2 is 2.00 bits per heavy atom. The van der Waals surface area contributed by atoms with Gasteiger partial charge in [-0.25, -0.2) is 0 Å². The molecule has 1 aliphatic rings. The zero-order chi connectivity index (χ0) is 22.1. The van der Waals surface area contributed by atoms with Crippen LogP contribution in [0.3, 0.4) is 0 Å². The fourth-order valence-electron chi connectivity index (χ4n) is 3.62. The first-order valence-electron chi connectivity index (χ1n) is 11.0. The van der Waals surface area contributed by atoms with Gasteiger partial charge in [-0.05, 0) is 50.0 Å². The van der Waals surface area contributed by atoms with Crippen LogP contribution in [0.1, 0.15) is 44.4 Å². The second-order valence-electron chi connectivity index (χ2n) is 7.96. The van der Waals surface area contributed by atoms with E-state index in [1.165, 1.54) is 0 Å². The van der Waals surface area contributed by atoms with E-state index in [-0.39, 0.29) is 30.5 Å². The molecule has 0 radical (unpaired) electrons. The molecular formula is C25H32N2O4. The van der Waals surface area contributed by atoms with E-state index in [9.17, 15) is 9.59 Å². The van der Waals surface area contributed by atoms with Crippen molar-refractivity contribution < 1.29 is 18.7 Å². The number of carbonyl (C=O) groups excluding carboxylic acids is 2. The molecule has 3 rings (SSSR count). The molecule has 0 bridgehead atoms. The molecule has 0 N–H and O–H groups in total. The molecule has 0 aliphatic carbocycles. The molecular weight excluding hydrogens is 392 g/mol. The normalized spacial score (nSPS) is 17.0. The predicted octanol–water partition coefficient (Wildman–Crippen LogP) is 4.13. The summed E-state index contributed by atoms with van der Waals surface area (Å²) in [7, 11) is 0. The van der Waals surface area contributed by atoms with Crippen molar-refractivity contribution in [2.45, 2.75) is 51.8 Å². The molecule has 1 fully saturated rings. The fourth-order valence-corrected chi connectivity index (χ4v) is 3.62. The standard InChI is InChI=1S/C25H32N2O4/c1-3-20(2)27(24(28)14-13-21-9-5-4-6-10-21)19-25(29)26(17-22-11-7-15-30-22)18-23-12-8-16-31-23/h4-7,9-11,13-15,20,23H,3,8,12,16-19H2,1-2H3/b14-13+/t20-,23-/m1/s1. The molecule has 2 heterocycles. The topological polar surface area (TPSA) is 63.0 Å². The minimum Gasteiger partial charge on any atom is -0.467 e. The highest BCUT2D eigenvalue weighted by molar-refractivity contribution is 5.94. The van der Waals surface area contributed by atoms with Crippen molar-refractivity contribution in [3.63, 3.8) is 0 Å². The molecule has 0 unspecified atom stereocenters. The van der Waals surface area contributed by atoms with Gasteiger partial charge in [0.1, 0.15) is 12.3 Å². The SMILES string of the molecule is CC[C@@H](C)N(CC(=O)N(Cc1ccco1)C[C@H]1CCCO1)C(=O)/C=C/c1ccccc1. The highest BCUT2D eigenvalue weighted by atomic mass is 16.5. The molecule has 1 aromatic carbocycles. The van der Waals surface area contributed by atoms with Crippen LogP contribution in [0.15, 0.2) is 59.2 Å². The number of carbonyl (C=O) groups is 2. The van der Waals surface area contributed by atoms with Crippen molar-refractivity contribution in [3.8, 4) is 0 Å². The summed E-state index contributed by atoms with van der Waals surface area (Å²) in [5, 5.41) is 0. The third-order valence-electron chi connectivity index (χ3n) is 5.66. The Balaban J connectivity index is 1.71. The lowest BCUT2D eigenvalue weighted by molar-refractivity contribution is -0.141. The van der Waals surface area contributed by atoms with Crippen molar-refractivity contribution in [3.05, 3.63) is 66.1 Å². The minimum atomic E-state index is -0.165. The highest BCUT2D eigenvalue weighted by Gasteiger charge is 2.27. The van der Waals surface area contributed by atoms with Crippen LogP contribution in [0.2, 0.25) is 0 Å². The average molecular weight is 425 g/mol. The molecule has 31 heavy (non-hydrogen) atoms. The largest absolute Gasteiger partial charge is 0.467 e. The fraction of sp³-hybridized carbons (Fsp3) is 0.440. The quantitative estimate of drug-likeness (QED) is 0.538. The molecule has 2 aromatic rings. The van der Waals surface area contributed by atoms with E-state index in [0.29, 0.717) is 13.1 Å². The number of benzene rings is 1. The van der Waals surface area contributed by atoms with E-state index in [4.69, 9.17) is 9.15 Å². The summed E-state index contributed by atoms with van der Waals surface area (Å²) in [6.45, 7) is 5.62. The number of ether oxygens (including phenoxy) is 1. The summed E-state index contributed by atoms with van der Waals surface area (Å²) in [5.41, 5.74) is 0.948. The minimum absolute atomic E-state index is 0.0282. The lowest BCUT2D eigenvalue weighted by atomic mass is 10.1. The number of hydrogen-bond donors (Lipinski definition) is 0. The molecule has 0 saturated carbocycles. The summed E-state index contributed by atoms with van der Waals surface area (Å²) in [4.78, 5) is 29.6. The van der Waals surface area contributed by atoms with E-state index in [0.717, 1.165) is 37.2 Å². The van der Waals surface area contributed by atoms with E-state index in [1.54, 1.807) is 28.2 Å². The molecule has 0 spiro atoms. The predicted molar refractivity (Wildman–Crippen MR) is 120 cm³/mol. The zero-order valence-corrected chi connectivity index (χ0v) is 18.4. The maximum Gasteiger partial charge on any atom is 0.247 e. The van der Waals surface area contributed by atoms with Gasteiger partial charge in [-0.2, -0.15) is 0 Å². The van der Waals surface area contributed by atoms with Crippen molar-refractivity contribution in [2.24, 2.45) is 0 Å². The van der Waals surface area contributed by atoms with Gasteiger partial charge < -0.3 is 19.0 Å². The summed E-state index contributed by atoms with van der Waals surface area (Å²) >= 11 is 0. The molecule has 2 amide bonds. The van der Waals surface area contributed by atoms with Crippen LogP contribution in [0, 0.1) is 0 Å². The first-order valence-corrected chi connectivity index (χ1v) is 11.0. The van der Waals surface area contributed by atoms with E-state index < -0.39 is 0 Å². The van der Waals surface area contributed by atoms with E-state index in [1.807, 2.05) is 56.3 Å². The number of furan rings is 1. The molecule has 6 heteroatoms. The Hall–Kier alpha value is -2.86. The first-order chi connectivity index (χ1) is 15.1. The van der Waals surface area contributed by atoms with Crippen molar-refractivity contribution in [2.75, 3.05) is 19.7 Å². The Kier molecular flexibility index (Phi) is 8.47. The van der Waals surface area contributed by atoms with Gasteiger partial charge in [0.05, 0.1) is 18.9 Å². The van der Waals surface area contributed by atoms with Crippen LogP contribution in [0.4, 0.5) is 0 Å². The molecule has 2 atom stereocenters. The molecule has 1 saturated heterocycles. The van der Waals surface area contributed by atoms with Crippen LogP contribution < -0.4 is 0 Å². The Labute approximate surface area is 184 Å². The maximum atomic E-state index is 13.3. The zero-order valence-electron chi connectivity index (χ0n) is 18.4. The average Bonchev–Trinajstić information content (AvgIpc) is 3.50. The van der Waals surface area contributed by atoms with E-state index in [2.05, 4.69) is 0 Å². The number of rotatable bonds is 10. The van der Waals surface area contributed by atoms with E-state index >= 15 is 0 Å². The Morgan fingerprint density at radius 3 is 2.65 bits per heavy atom. The monoisotopic (exact) mass is 424 g/mol. The second kappa shape index (κ2) is 11.5. The van der Waals surface area contributed by atoms with Gasteiger partial charge >= 0.3 is 0 Å². The van der Waals surface area contributed by atoms with Gasteiger partial charge in [-0.15, -0.1) is 0 Å². The van der Waals surface area contributed by atoms with Crippen LogP contribution in [-0.4, -0.2) is 53.5 Å². The lowest BCUT2D eigenvalue weighted by Crippen LogP contribution is -2.47. The maximum absolute atomic E-state index is 13.3. The Morgan fingerprint density at radius 1 is 1.19 bits per heavy atom. The summed E-state index contributed by atoms with van der Waals surface area (Å²) in [5.74, 6) is 0.451. The van der Waals surface area contributed by atoms with Crippen LogP contribution in [0.25, 0.3) is 6.08 Å². The Bertz CT molecular complexity index is 842. The third kappa shape index (κ3) is 6.82. The summed E-state index contributed by atoms with van der Waals surface area (Å²) in [6.07, 6.45) is 7.69. The van der Waals surface area contributed by atoms with Gasteiger partial charge in [-0.3, -0.25) is 9.59 Å². The third-order valence-corrected chi connectivity index (χ3v) is 5.66. The van der Waals surface area contributed by atoms with Crippen molar-refractivity contribution >= 4 is 17.9 Å². The van der Waals surface area contributed by atoms with Crippen molar-refractivity contribution in [1.29, 1.82) is 0 Å². The summed E-state index contributed by atoms with van der Waals surface area (Å²) < 4.78 is 11.2. The van der Waals surface area contributed by atoms with Crippen molar-refractivity contribution in [1.82, 2.24) is 9.80 Å². The molecule has 1 aromatic heterocycles. The number of amides is 2. The number of hydrogen-bond acceptors (Lipinski definition) is 4. The smallest absolute Gasteiger partial charge is 0.247 e. The van der Waals surface area contributed by atoms with Gasteiger partial charge in [0.25, 0.3) is 0 Å². The van der Waals surface area contributed by atoms with Crippen LogP contribution >= 0.6 is 0 Å².